The molecule has 0 saturated heterocycles. The summed E-state index contributed by atoms with van der Waals surface area (Å²) in [6.07, 6.45) is 0. The van der Waals surface area contributed by atoms with Crippen LogP contribution in [0.4, 0.5) is 5.69 Å². The molecule has 1 heterocycles. The zero-order valence-corrected chi connectivity index (χ0v) is 15.5. The van der Waals surface area contributed by atoms with Gasteiger partial charge < -0.3 is 14.5 Å². The molecule has 0 radical (unpaired) electrons. The Morgan fingerprint density at radius 1 is 1.23 bits per heavy atom. The number of carbonyl (C=O) groups excluding carboxylic acids is 1. The second-order valence-electron chi connectivity index (χ2n) is 5.39. The summed E-state index contributed by atoms with van der Waals surface area (Å²) in [5.41, 5.74) is 1.84. The average molecular weight is 390 g/mol. The number of para-hydroxylation sites is 1. The third-order valence-corrected chi connectivity index (χ3v) is 4.40. The van der Waals surface area contributed by atoms with Crippen molar-refractivity contribution in [1.29, 1.82) is 0 Å². The van der Waals surface area contributed by atoms with E-state index in [1.165, 1.54) is 0 Å². The molecule has 0 bridgehead atoms. The number of hydrogen-bond acceptors (Lipinski definition) is 6. The van der Waals surface area contributed by atoms with Gasteiger partial charge in [0.1, 0.15) is 5.75 Å². The van der Waals surface area contributed by atoms with E-state index in [9.17, 15) is 4.79 Å². The fourth-order valence-corrected chi connectivity index (χ4v) is 2.87. The van der Waals surface area contributed by atoms with Crippen molar-refractivity contribution < 1.29 is 13.9 Å². The largest absolute Gasteiger partial charge is 0.482 e. The lowest BCUT2D eigenvalue weighted by Crippen LogP contribution is -2.13. The van der Waals surface area contributed by atoms with Crippen LogP contribution in [0.1, 0.15) is 11.5 Å². The first-order valence-corrected chi connectivity index (χ1v) is 9.15. The number of benzene rings is 2. The molecule has 3 rings (SSSR count). The lowest BCUT2D eigenvalue weighted by Gasteiger charge is -2.05. The standard InChI is InChI=1S/C18H16ClN3O3S/c1-12-5-4-6-13(9-12)20-16(23)11-26-18-22-21-17(25-18)10-24-15-8-3-2-7-14(15)19/h2-9H,10-11H2,1H3,(H,20,23). The number of halogens is 1. The van der Waals surface area contributed by atoms with E-state index < -0.39 is 0 Å². The molecule has 0 unspecified atom stereocenters. The van der Waals surface area contributed by atoms with Crippen molar-refractivity contribution in [2.24, 2.45) is 0 Å². The van der Waals surface area contributed by atoms with Crippen LogP contribution in [-0.4, -0.2) is 21.9 Å². The summed E-state index contributed by atoms with van der Waals surface area (Å²) >= 11 is 7.18. The van der Waals surface area contributed by atoms with Crippen LogP contribution in [0.2, 0.25) is 5.02 Å². The molecule has 1 aromatic heterocycles. The molecule has 0 aliphatic heterocycles. The van der Waals surface area contributed by atoms with Crippen molar-refractivity contribution in [2.75, 3.05) is 11.1 Å². The lowest BCUT2D eigenvalue weighted by molar-refractivity contribution is -0.113. The van der Waals surface area contributed by atoms with E-state index in [4.69, 9.17) is 20.8 Å². The minimum atomic E-state index is -0.146. The molecule has 26 heavy (non-hydrogen) atoms. The summed E-state index contributed by atoms with van der Waals surface area (Å²) in [6, 6.07) is 14.7. The molecule has 8 heteroatoms. The van der Waals surface area contributed by atoms with Gasteiger partial charge in [-0.3, -0.25) is 4.79 Å². The van der Waals surface area contributed by atoms with Crippen LogP contribution >= 0.6 is 23.4 Å². The van der Waals surface area contributed by atoms with E-state index in [0.29, 0.717) is 21.9 Å². The maximum Gasteiger partial charge on any atom is 0.277 e. The maximum absolute atomic E-state index is 12.0. The molecule has 0 atom stereocenters. The first-order chi connectivity index (χ1) is 12.6. The number of amides is 1. The SMILES string of the molecule is Cc1cccc(NC(=O)CSc2nnc(COc3ccccc3Cl)o2)c1. The molecule has 0 aliphatic carbocycles. The summed E-state index contributed by atoms with van der Waals surface area (Å²) < 4.78 is 11.0. The molecule has 0 saturated carbocycles. The Morgan fingerprint density at radius 3 is 2.88 bits per heavy atom. The predicted octanol–water partition coefficient (Wildman–Crippen LogP) is 4.34. The monoisotopic (exact) mass is 389 g/mol. The summed E-state index contributed by atoms with van der Waals surface area (Å²) in [6.45, 7) is 2.07. The van der Waals surface area contributed by atoms with Crippen LogP contribution in [0.3, 0.4) is 0 Å². The molecule has 2 aromatic carbocycles. The highest BCUT2D eigenvalue weighted by molar-refractivity contribution is 7.99. The van der Waals surface area contributed by atoms with Crippen molar-refractivity contribution in [2.45, 2.75) is 18.8 Å². The summed E-state index contributed by atoms with van der Waals surface area (Å²) in [4.78, 5) is 12.0. The third-order valence-electron chi connectivity index (χ3n) is 3.26. The zero-order chi connectivity index (χ0) is 18.4. The van der Waals surface area contributed by atoms with Crippen LogP contribution in [0.15, 0.2) is 58.2 Å². The second-order valence-corrected chi connectivity index (χ2v) is 6.72. The number of thioether (sulfide) groups is 1. The summed E-state index contributed by atoms with van der Waals surface area (Å²) in [5.74, 6) is 0.874. The highest BCUT2D eigenvalue weighted by Crippen LogP contribution is 2.24. The highest BCUT2D eigenvalue weighted by Gasteiger charge is 2.11. The number of aromatic nitrogens is 2. The molecular formula is C18H16ClN3O3S. The van der Waals surface area contributed by atoms with Gasteiger partial charge in [0.25, 0.3) is 11.1 Å². The van der Waals surface area contributed by atoms with Gasteiger partial charge in [-0.1, -0.05) is 47.6 Å². The van der Waals surface area contributed by atoms with Crippen LogP contribution in [-0.2, 0) is 11.4 Å². The minimum Gasteiger partial charge on any atom is -0.482 e. The first-order valence-electron chi connectivity index (χ1n) is 7.79. The Morgan fingerprint density at radius 2 is 2.08 bits per heavy atom. The van der Waals surface area contributed by atoms with Crippen LogP contribution in [0.5, 0.6) is 5.75 Å². The van der Waals surface area contributed by atoms with Gasteiger partial charge in [-0.15, -0.1) is 10.2 Å². The minimum absolute atomic E-state index is 0.104. The molecule has 1 N–H and O–H groups in total. The lowest BCUT2D eigenvalue weighted by atomic mass is 10.2. The van der Waals surface area contributed by atoms with E-state index in [-0.39, 0.29) is 18.3 Å². The fourth-order valence-electron chi connectivity index (χ4n) is 2.10. The van der Waals surface area contributed by atoms with E-state index in [2.05, 4.69) is 15.5 Å². The Hall–Kier alpha value is -2.51. The van der Waals surface area contributed by atoms with Crippen molar-refractivity contribution in [3.8, 4) is 5.75 Å². The molecular weight excluding hydrogens is 374 g/mol. The molecule has 0 spiro atoms. The second kappa shape index (κ2) is 8.73. The quantitative estimate of drug-likeness (QED) is 0.605. The molecule has 3 aromatic rings. The normalized spacial score (nSPS) is 10.5. The van der Waals surface area contributed by atoms with E-state index in [1.807, 2.05) is 43.3 Å². The average Bonchev–Trinajstić information content (AvgIpc) is 3.07. The molecule has 134 valence electrons. The summed E-state index contributed by atoms with van der Waals surface area (Å²) in [7, 11) is 0. The Labute approximate surface area is 159 Å². The topological polar surface area (TPSA) is 77.2 Å². The number of anilines is 1. The van der Waals surface area contributed by atoms with Gasteiger partial charge in [0, 0.05) is 5.69 Å². The van der Waals surface area contributed by atoms with E-state index in [0.717, 1.165) is 23.0 Å². The number of carbonyl (C=O) groups is 1. The van der Waals surface area contributed by atoms with Gasteiger partial charge in [0.2, 0.25) is 5.91 Å². The Kier molecular flexibility index (Phi) is 6.14. The molecule has 0 fully saturated rings. The van der Waals surface area contributed by atoms with Crippen molar-refractivity contribution in [1.82, 2.24) is 10.2 Å². The highest BCUT2D eigenvalue weighted by atomic mass is 35.5. The summed E-state index contributed by atoms with van der Waals surface area (Å²) in [5, 5.41) is 11.4. The van der Waals surface area contributed by atoms with Crippen LogP contribution < -0.4 is 10.1 Å². The van der Waals surface area contributed by atoms with Crippen LogP contribution in [0.25, 0.3) is 0 Å². The number of hydrogen-bond donors (Lipinski definition) is 1. The van der Waals surface area contributed by atoms with Crippen molar-refractivity contribution in [3.05, 3.63) is 65.0 Å². The predicted molar refractivity (Wildman–Crippen MR) is 101 cm³/mol. The molecule has 6 nitrogen and oxygen atoms in total. The first kappa shape index (κ1) is 18.3. The molecule has 0 aliphatic rings. The van der Waals surface area contributed by atoms with E-state index in [1.54, 1.807) is 12.1 Å². The third kappa shape index (κ3) is 5.24. The van der Waals surface area contributed by atoms with Crippen LogP contribution in [0, 0.1) is 6.92 Å². The number of nitrogens with zero attached hydrogens (tertiary/aromatic N) is 2. The number of aryl methyl sites for hydroxylation is 1. The molecule has 1 amide bonds. The van der Waals surface area contributed by atoms with Gasteiger partial charge >= 0.3 is 0 Å². The number of nitrogens with one attached hydrogen (secondary N) is 1. The van der Waals surface area contributed by atoms with Crippen molar-refractivity contribution in [3.63, 3.8) is 0 Å². The smallest absolute Gasteiger partial charge is 0.277 e. The Balaban J connectivity index is 1.47. The maximum atomic E-state index is 12.0. The zero-order valence-electron chi connectivity index (χ0n) is 13.9. The Bertz CT molecular complexity index is 901. The van der Waals surface area contributed by atoms with Gasteiger partial charge in [0.15, 0.2) is 6.61 Å². The number of ether oxygens (including phenoxy) is 1. The van der Waals surface area contributed by atoms with Crippen molar-refractivity contribution >= 4 is 35.0 Å². The van der Waals surface area contributed by atoms with Gasteiger partial charge in [0.05, 0.1) is 10.8 Å². The van der Waals surface area contributed by atoms with Gasteiger partial charge in [-0.2, -0.15) is 0 Å². The van der Waals surface area contributed by atoms with E-state index >= 15 is 0 Å². The number of rotatable bonds is 7. The van der Waals surface area contributed by atoms with Gasteiger partial charge in [-0.05, 0) is 36.8 Å². The fraction of sp³-hybridized carbons (Fsp3) is 0.167. The van der Waals surface area contributed by atoms with Gasteiger partial charge in [-0.25, -0.2) is 0 Å².